The Bertz CT molecular complexity index is 1190. The molecule has 2 amide bonds. The van der Waals surface area contributed by atoms with Gasteiger partial charge in [-0.05, 0) is 52.0 Å². The number of fused-ring (bicyclic) bond motifs is 1. The van der Waals surface area contributed by atoms with Crippen molar-refractivity contribution >= 4 is 17.5 Å². The number of nitrogens with zero attached hydrogens (tertiary/aromatic N) is 3. The number of benzene rings is 1. The van der Waals surface area contributed by atoms with E-state index in [4.69, 9.17) is 13.9 Å². The van der Waals surface area contributed by atoms with E-state index in [9.17, 15) is 9.59 Å². The topological polar surface area (TPSA) is 98.8 Å². The molecule has 0 fully saturated rings. The second kappa shape index (κ2) is 7.99. The van der Waals surface area contributed by atoms with Crippen molar-refractivity contribution in [1.29, 1.82) is 0 Å². The average molecular weight is 453 g/mol. The molecule has 33 heavy (non-hydrogen) atoms. The van der Waals surface area contributed by atoms with Crippen molar-refractivity contribution in [2.75, 3.05) is 19.1 Å². The molecule has 1 aromatic carbocycles. The average Bonchev–Trinajstić information content (AvgIpc) is 3.42. The van der Waals surface area contributed by atoms with E-state index in [1.807, 2.05) is 20.8 Å². The van der Waals surface area contributed by atoms with Gasteiger partial charge in [0.15, 0.2) is 5.76 Å². The van der Waals surface area contributed by atoms with Gasteiger partial charge in [0.2, 0.25) is 5.91 Å². The summed E-state index contributed by atoms with van der Waals surface area (Å²) in [6, 6.07) is 10.3. The first kappa shape index (κ1) is 22.4. The molecule has 0 saturated heterocycles. The largest absolute Gasteiger partial charge is 0.497 e. The molecular formula is C24H28N4O5. The van der Waals surface area contributed by atoms with Gasteiger partial charge in [-0.2, -0.15) is 5.10 Å². The number of hydrogen-bond acceptors (Lipinski definition) is 6. The lowest BCUT2D eigenvalue weighted by Crippen LogP contribution is -2.66. The van der Waals surface area contributed by atoms with E-state index in [0.29, 0.717) is 34.3 Å². The smallest absolute Gasteiger partial charge is 0.277 e. The molecule has 1 aliphatic heterocycles. The third-order valence-corrected chi connectivity index (χ3v) is 5.53. The molecule has 0 unspecified atom stereocenters. The standard InChI is InChI=1S/C24H28N4O5/c1-23(2,3)25-22(30)24(4)14-27-18(13-16(26-27)19-8-7-11-33-19)21(29)28(24)17-10-9-15(31-5)12-20(17)32-6/h7-13H,14H2,1-6H3,(H,25,30)/t24-/m1/s1. The van der Waals surface area contributed by atoms with E-state index in [-0.39, 0.29) is 18.4 Å². The fraction of sp³-hybridized carbons (Fsp3) is 0.375. The molecule has 0 saturated carbocycles. The van der Waals surface area contributed by atoms with Crippen LogP contribution in [-0.2, 0) is 11.3 Å². The molecule has 2 aromatic heterocycles. The van der Waals surface area contributed by atoms with Gasteiger partial charge in [-0.3, -0.25) is 19.2 Å². The Kier molecular flexibility index (Phi) is 5.43. The predicted octanol–water partition coefficient (Wildman–Crippen LogP) is 3.49. The molecule has 174 valence electrons. The van der Waals surface area contributed by atoms with E-state index >= 15 is 0 Å². The Balaban J connectivity index is 1.88. The molecule has 3 aromatic rings. The summed E-state index contributed by atoms with van der Waals surface area (Å²) in [5, 5.41) is 7.58. The summed E-state index contributed by atoms with van der Waals surface area (Å²) >= 11 is 0. The van der Waals surface area contributed by atoms with Gasteiger partial charge < -0.3 is 19.2 Å². The van der Waals surface area contributed by atoms with Crippen LogP contribution in [0.5, 0.6) is 11.5 Å². The Hall–Kier alpha value is -3.75. The highest BCUT2D eigenvalue weighted by Crippen LogP contribution is 2.40. The summed E-state index contributed by atoms with van der Waals surface area (Å²) in [4.78, 5) is 29.0. The molecule has 0 aliphatic carbocycles. The van der Waals surface area contributed by atoms with Crippen molar-refractivity contribution in [3.63, 3.8) is 0 Å². The fourth-order valence-corrected chi connectivity index (χ4v) is 3.95. The maximum atomic E-state index is 13.9. The highest BCUT2D eigenvalue weighted by Gasteiger charge is 2.50. The Morgan fingerprint density at radius 2 is 1.94 bits per heavy atom. The Morgan fingerprint density at radius 3 is 2.55 bits per heavy atom. The predicted molar refractivity (Wildman–Crippen MR) is 123 cm³/mol. The molecule has 9 heteroatoms. The van der Waals surface area contributed by atoms with Gasteiger partial charge >= 0.3 is 0 Å². The Labute approximate surface area is 192 Å². The minimum atomic E-state index is -1.29. The quantitative estimate of drug-likeness (QED) is 0.636. The number of aromatic nitrogens is 2. The fourth-order valence-electron chi connectivity index (χ4n) is 3.95. The summed E-state index contributed by atoms with van der Waals surface area (Å²) in [5.74, 6) is 0.852. The second-order valence-corrected chi connectivity index (χ2v) is 9.21. The minimum Gasteiger partial charge on any atom is -0.497 e. The zero-order chi connectivity index (χ0) is 24.0. The van der Waals surface area contributed by atoms with Crippen LogP contribution < -0.4 is 19.7 Å². The van der Waals surface area contributed by atoms with Gasteiger partial charge in [0.05, 0.1) is 32.7 Å². The summed E-state index contributed by atoms with van der Waals surface area (Å²) in [5.41, 5.74) is -0.457. The first-order chi connectivity index (χ1) is 15.6. The van der Waals surface area contributed by atoms with Crippen molar-refractivity contribution in [3.05, 3.63) is 48.4 Å². The molecule has 3 heterocycles. The van der Waals surface area contributed by atoms with E-state index in [0.717, 1.165) is 0 Å². The molecule has 0 radical (unpaired) electrons. The van der Waals surface area contributed by atoms with Crippen LogP contribution in [0.2, 0.25) is 0 Å². The lowest BCUT2D eigenvalue weighted by atomic mass is 9.92. The van der Waals surface area contributed by atoms with Gasteiger partial charge in [-0.1, -0.05) is 0 Å². The zero-order valence-electron chi connectivity index (χ0n) is 19.6. The summed E-state index contributed by atoms with van der Waals surface area (Å²) in [6.45, 7) is 7.56. The molecule has 9 nitrogen and oxygen atoms in total. The number of methoxy groups -OCH3 is 2. The number of amides is 2. The van der Waals surface area contributed by atoms with Crippen molar-refractivity contribution in [3.8, 4) is 23.0 Å². The van der Waals surface area contributed by atoms with Crippen LogP contribution in [0, 0.1) is 0 Å². The van der Waals surface area contributed by atoms with Gasteiger partial charge in [-0.15, -0.1) is 0 Å². The zero-order valence-corrected chi connectivity index (χ0v) is 19.6. The molecule has 1 aliphatic rings. The van der Waals surface area contributed by atoms with Crippen LogP contribution in [0.15, 0.2) is 47.1 Å². The van der Waals surface area contributed by atoms with Crippen LogP contribution in [0.4, 0.5) is 5.69 Å². The van der Waals surface area contributed by atoms with Crippen molar-refractivity contribution < 1.29 is 23.5 Å². The van der Waals surface area contributed by atoms with Crippen molar-refractivity contribution in [2.45, 2.75) is 45.3 Å². The number of rotatable bonds is 5. The number of ether oxygens (including phenoxy) is 2. The second-order valence-electron chi connectivity index (χ2n) is 9.21. The molecule has 1 N–H and O–H groups in total. The van der Waals surface area contributed by atoms with Crippen LogP contribution in [0.25, 0.3) is 11.5 Å². The van der Waals surface area contributed by atoms with E-state index in [1.54, 1.807) is 61.4 Å². The highest BCUT2D eigenvalue weighted by molar-refractivity contribution is 6.13. The summed E-state index contributed by atoms with van der Waals surface area (Å²) < 4.78 is 17.9. The van der Waals surface area contributed by atoms with Crippen molar-refractivity contribution in [1.82, 2.24) is 15.1 Å². The van der Waals surface area contributed by atoms with Gasteiger partial charge in [-0.25, -0.2) is 0 Å². The number of anilines is 1. The highest BCUT2D eigenvalue weighted by atomic mass is 16.5. The number of carbonyl (C=O) groups excluding carboxylic acids is 2. The first-order valence-electron chi connectivity index (χ1n) is 10.6. The van der Waals surface area contributed by atoms with E-state index in [1.165, 1.54) is 12.0 Å². The summed E-state index contributed by atoms with van der Waals surface area (Å²) in [7, 11) is 3.06. The Morgan fingerprint density at radius 1 is 1.18 bits per heavy atom. The molecule has 0 bridgehead atoms. The third-order valence-electron chi connectivity index (χ3n) is 5.53. The van der Waals surface area contributed by atoms with Crippen LogP contribution in [0.3, 0.4) is 0 Å². The molecule has 1 atom stereocenters. The number of nitrogens with one attached hydrogen (secondary N) is 1. The van der Waals surface area contributed by atoms with Crippen molar-refractivity contribution in [2.24, 2.45) is 0 Å². The molecule has 0 spiro atoms. The normalized spacial score (nSPS) is 18.1. The monoisotopic (exact) mass is 452 g/mol. The molecular weight excluding hydrogens is 424 g/mol. The maximum Gasteiger partial charge on any atom is 0.277 e. The van der Waals surface area contributed by atoms with E-state index in [2.05, 4.69) is 10.4 Å². The summed E-state index contributed by atoms with van der Waals surface area (Å²) in [6.07, 6.45) is 1.55. The van der Waals surface area contributed by atoms with Gasteiger partial charge in [0.25, 0.3) is 5.91 Å². The van der Waals surface area contributed by atoms with Crippen LogP contribution in [-0.4, -0.2) is 46.9 Å². The van der Waals surface area contributed by atoms with E-state index < -0.39 is 11.1 Å². The first-order valence-corrected chi connectivity index (χ1v) is 10.6. The lowest BCUT2D eigenvalue weighted by Gasteiger charge is -2.44. The number of furan rings is 1. The number of hydrogen-bond donors (Lipinski definition) is 1. The third kappa shape index (κ3) is 3.94. The van der Waals surface area contributed by atoms with Gasteiger partial charge in [0, 0.05) is 17.7 Å². The van der Waals surface area contributed by atoms with Crippen LogP contribution >= 0.6 is 0 Å². The SMILES string of the molecule is COc1ccc(N2C(=O)c3cc(-c4ccco4)nn3C[C@]2(C)C(=O)NC(C)(C)C)c(OC)c1. The van der Waals surface area contributed by atoms with Gasteiger partial charge in [0.1, 0.15) is 28.4 Å². The maximum absolute atomic E-state index is 13.9. The lowest BCUT2D eigenvalue weighted by molar-refractivity contribution is -0.128. The number of carbonyl (C=O) groups is 2. The minimum absolute atomic E-state index is 0.145. The van der Waals surface area contributed by atoms with Crippen LogP contribution in [0.1, 0.15) is 38.2 Å². The molecule has 4 rings (SSSR count).